The van der Waals surface area contributed by atoms with Crippen LogP contribution in [-0.4, -0.2) is 40.6 Å². The number of hydrogen-bond acceptors (Lipinski definition) is 5. The van der Waals surface area contributed by atoms with E-state index in [0.717, 1.165) is 9.87 Å². The first-order valence-electron chi connectivity index (χ1n) is 10.8. The Bertz CT molecular complexity index is 1200. The highest BCUT2D eigenvalue weighted by molar-refractivity contribution is 7.92. The Morgan fingerprint density at radius 2 is 1.65 bits per heavy atom. The number of aryl methyl sites for hydroxylation is 1. The molecular weight excluding hydrogens is 476 g/mol. The van der Waals surface area contributed by atoms with Crippen LogP contribution in [-0.2, 0) is 14.8 Å². The summed E-state index contributed by atoms with van der Waals surface area (Å²) in [6, 6.07) is 20.1. The Morgan fingerprint density at radius 1 is 0.971 bits per heavy atom. The fourth-order valence-electron chi connectivity index (χ4n) is 3.13. The fourth-order valence-corrected chi connectivity index (χ4v) is 4.74. The number of carbonyl (C=O) groups excluding carboxylic acids is 1. The van der Waals surface area contributed by atoms with Gasteiger partial charge < -0.3 is 14.8 Å². The maximum Gasteiger partial charge on any atom is 0.264 e. The molecular formula is C25H27ClN2O5S. The van der Waals surface area contributed by atoms with Gasteiger partial charge in [-0.25, -0.2) is 8.42 Å². The zero-order chi connectivity index (χ0) is 24.6. The summed E-state index contributed by atoms with van der Waals surface area (Å²) < 4.78 is 38.9. The number of rotatable bonds is 11. The van der Waals surface area contributed by atoms with Crippen molar-refractivity contribution in [3.8, 4) is 11.5 Å². The number of nitrogens with zero attached hydrogens (tertiary/aromatic N) is 1. The van der Waals surface area contributed by atoms with Gasteiger partial charge in [0.05, 0.1) is 28.8 Å². The van der Waals surface area contributed by atoms with E-state index in [9.17, 15) is 13.2 Å². The first-order chi connectivity index (χ1) is 16.3. The van der Waals surface area contributed by atoms with E-state index in [4.69, 9.17) is 21.1 Å². The molecule has 0 aromatic heterocycles. The lowest BCUT2D eigenvalue weighted by molar-refractivity contribution is -0.119. The molecule has 0 fully saturated rings. The van der Waals surface area contributed by atoms with Gasteiger partial charge in [0.1, 0.15) is 24.7 Å². The topological polar surface area (TPSA) is 84.9 Å². The number of halogens is 1. The van der Waals surface area contributed by atoms with Crippen LogP contribution in [0, 0.1) is 6.92 Å². The summed E-state index contributed by atoms with van der Waals surface area (Å²) in [5.74, 6) is 0.656. The van der Waals surface area contributed by atoms with Crippen molar-refractivity contribution in [3.05, 3.63) is 83.4 Å². The third-order valence-corrected chi connectivity index (χ3v) is 6.95. The van der Waals surface area contributed by atoms with E-state index < -0.39 is 22.5 Å². The van der Waals surface area contributed by atoms with Gasteiger partial charge in [-0.15, -0.1) is 0 Å². The first-order valence-corrected chi connectivity index (χ1v) is 12.6. The second kappa shape index (κ2) is 11.8. The van der Waals surface area contributed by atoms with Crippen molar-refractivity contribution in [1.29, 1.82) is 0 Å². The number of benzene rings is 3. The second-order valence-corrected chi connectivity index (χ2v) is 9.65. The van der Waals surface area contributed by atoms with Crippen LogP contribution in [0.2, 0.25) is 5.02 Å². The van der Waals surface area contributed by atoms with Gasteiger partial charge in [0.15, 0.2) is 0 Å². The summed E-state index contributed by atoms with van der Waals surface area (Å²) in [5.41, 5.74) is 1.29. The quantitative estimate of drug-likeness (QED) is 0.392. The van der Waals surface area contributed by atoms with Crippen molar-refractivity contribution in [1.82, 2.24) is 5.32 Å². The van der Waals surface area contributed by atoms with Gasteiger partial charge in [-0.05, 0) is 62.4 Å². The van der Waals surface area contributed by atoms with Crippen molar-refractivity contribution in [3.63, 3.8) is 0 Å². The lowest BCUT2D eigenvalue weighted by atomic mass is 10.2. The highest BCUT2D eigenvalue weighted by Crippen LogP contribution is 2.26. The highest BCUT2D eigenvalue weighted by atomic mass is 35.5. The molecule has 3 rings (SSSR count). The molecule has 34 heavy (non-hydrogen) atoms. The zero-order valence-electron chi connectivity index (χ0n) is 19.0. The van der Waals surface area contributed by atoms with Crippen LogP contribution in [0.25, 0.3) is 0 Å². The molecule has 0 radical (unpaired) electrons. The molecule has 0 aliphatic rings. The van der Waals surface area contributed by atoms with Gasteiger partial charge >= 0.3 is 0 Å². The minimum absolute atomic E-state index is 0.0989. The van der Waals surface area contributed by atoms with Crippen molar-refractivity contribution < 1.29 is 22.7 Å². The van der Waals surface area contributed by atoms with Crippen LogP contribution < -0.4 is 19.1 Å². The lowest BCUT2D eigenvalue weighted by Crippen LogP contribution is -2.41. The number of sulfonamides is 1. The molecule has 180 valence electrons. The molecule has 0 spiro atoms. The normalized spacial score (nSPS) is 11.0. The highest BCUT2D eigenvalue weighted by Gasteiger charge is 2.27. The average Bonchev–Trinajstić information content (AvgIpc) is 2.82. The number of para-hydroxylation sites is 1. The molecule has 9 heteroatoms. The molecule has 3 aromatic carbocycles. The largest absolute Gasteiger partial charge is 0.494 e. The Morgan fingerprint density at radius 3 is 2.29 bits per heavy atom. The molecule has 0 aliphatic carbocycles. The Kier molecular flexibility index (Phi) is 8.79. The summed E-state index contributed by atoms with van der Waals surface area (Å²) in [4.78, 5) is 12.8. The van der Waals surface area contributed by atoms with E-state index in [1.54, 1.807) is 60.7 Å². The molecule has 0 saturated carbocycles. The second-order valence-electron chi connectivity index (χ2n) is 7.38. The number of carbonyl (C=O) groups is 1. The van der Waals surface area contributed by atoms with E-state index in [1.807, 2.05) is 13.8 Å². The zero-order valence-corrected chi connectivity index (χ0v) is 20.6. The van der Waals surface area contributed by atoms with Gasteiger partial charge in [-0.1, -0.05) is 41.4 Å². The molecule has 0 aliphatic heterocycles. The Labute approximate surface area is 205 Å². The molecule has 7 nitrogen and oxygen atoms in total. The number of nitrogens with one attached hydrogen (secondary N) is 1. The number of amides is 1. The lowest BCUT2D eigenvalue weighted by Gasteiger charge is -2.24. The van der Waals surface area contributed by atoms with Crippen molar-refractivity contribution in [2.24, 2.45) is 0 Å². The van der Waals surface area contributed by atoms with E-state index in [2.05, 4.69) is 5.32 Å². The Balaban J connectivity index is 1.73. The third-order valence-electron chi connectivity index (χ3n) is 4.85. The molecule has 1 N–H and O–H groups in total. The molecule has 0 saturated heterocycles. The summed E-state index contributed by atoms with van der Waals surface area (Å²) in [6.07, 6.45) is 0. The van der Waals surface area contributed by atoms with Crippen molar-refractivity contribution in [2.45, 2.75) is 18.7 Å². The predicted molar refractivity (Wildman–Crippen MR) is 133 cm³/mol. The first kappa shape index (κ1) is 25.4. The molecule has 1 amide bonds. The van der Waals surface area contributed by atoms with Crippen LogP contribution in [0.3, 0.4) is 0 Å². The number of anilines is 1. The van der Waals surface area contributed by atoms with Crippen molar-refractivity contribution in [2.75, 3.05) is 30.6 Å². The smallest absolute Gasteiger partial charge is 0.264 e. The van der Waals surface area contributed by atoms with E-state index in [0.29, 0.717) is 28.8 Å². The predicted octanol–water partition coefficient (Wildman–Crippen LogP) is 4.44. The summed E-state index contributed by atoms with van der Waals surface area (Å²) in [6.45, 7) is 4.20. The SMILES string of the molecule is CCOc1ccc(N(CC(=O)NCCOc2ccccc2Cl)S(=O)(=O)c2ccc(C)cc2)cc1. The van der Waals surface area contributed by atoms with Crippen LogP contribution in [0.1, 0.15) is 12.5 Å². The third kappa shape index (κ3) is 6.65. The van der Waals surface area contributed by atoms with E-state index >= 15 is 0 Å². The summed E-state index contributed by atoms with van der Waals surface area (Å²) >= 11 is 6.06. The maximum atomic E-state index is 13.4. The standard InChI is InChI=1S/C25H27ClN2O5S/c1-3-32-21-12-10-20(11-13-21)28(34(30,31)22-14-8-19(2)9-15-22)18-25(29)27-16-17-33-24-7-5-4-6-23(24)26/h4-15H,3,16-18H2,1-2H3,(H,27,29). The monoisotopic (exact) mass is 502 g/mol. The average molecular weight is 503 g/mol. The number of hydrogen-bond donors (Lipinski definition) is 1. The van der Waals surface area contributed by atoms with Crippen molar-refractivity contribution >= 4 is 33.2 Å². The van der Waals surface area contributed by atoms with Gasteiger partial charge in [0, 0.05) is 0 Å². The summed E-state index contributed by atoms with van der Waals surface area (Å²) in [7, 11) is -3.99. The molecule has 0 bridgehead atoms. The number of ether oxygens (including phenoxy) is 2. The van der Waals surface area contributed by atoms with Gasteiger partial charge in [0.25, 0.3) is 10.0 Å². The van der Waals surface area contributed by atoms with Crippen LogP contribution in [0.15, 0.2) is 77.7 Å². The van der Waals surface area contributed by atoms with Crippen LogP contribution in [0.4, 0.5) is 5.69 Å². The molecule has 0 heterocycles. The van der Waals surface area contributed by atoms with Gasteiger partial charge in [-0.3, -0.25) is 9.10 Å². The maximum absolute atomic E-state index is 13.4. The molecule has 3 aromatic rings. The van der Waals surface area contributed by atoms with Crippen LogP contribution in [0.5, 0.6) is 11.5 Å². The minimum atomic E-state index is -3.99. The van der Waals surface area contributed by atoms with Crippen LogP contribution >= 0.6 is 11.6 Å². The summed E-state index contributed by atoms with van der Waals surface area (Å²) in [5, 5.41) is 3.17. The molecule has 0 unspecified atom stereocenters. The fraction of sp³-hybridized carbons (Fsp3) is 0.240. The molecule has 0 atom stereocenters. The van der Waals surface area contributed by atoms with E-state index in [1.165, 1.54) is 12.1 Å². The minimum Gasteiger partial charge on any atom is -0.494 e. The Hall–Kier alpha value is -3.23. The van der Waals surface area contributed by atoms with E-state index in [-0.39, 0.29) is 18.0 Å². The van der Waals surface area contributed by atoms with Gasteiger partial charge in [-0.2, -0.15) is 0 Å². The van der Waals surface area contributed by atoms with Gasteiger partial charge in [0.2, 0.25) is 5.91 Å².